The van der Waals surface area contributed by atoms with Crippen molar-refractivity contribution in [3.63, 3.8) is 0 Å². The van der Waals surface area contributed by atoms with E-state index >= 15 is 0 Å². The normalized spacial score (nSPS) is 20.9. The Balaban J connectivity index is 2.10. The molecule has 3 heteroatoms. The Kier molecular flexibility index (Phi) is 2.58. The van der Waals surface area contributed by atoms with Crippen LogP contribution in [0.25, 0.3) is 0 Å². The Morgan fingerprint density at radius 2 is 2.24 bits per heavy atom. The summed E-state index contributed by atoms with van der Waals surface area (Å²) in [6.45, 7) is 1.45. The van der Waals surface area contributed by atoms with Crippen LogP contribution in [0.15, 0.2) is 23.2 Å². The number of nitrogens with zero attached hydrogens (tertiary/aromatic N) is 1. The summed E-state index contributed by atoms with van der Waals surface area (Å²) < 4.78 is 5.54. The summed E-state index contributed by atoms with van der Waals surface area (Å²) in [5.41, 5.74) is 3.48. The smallest absolute Gasteiger partial charge is 0.235 e. The van der Waals surface area contributed by atoms with Crippen molar-refractivity contribution in [1.29, 1.82) is 0 Å². The van der Waals surface area contributed by atoms with E-state index in [0.29, 0.717) is 6.61 Å². The molecule has 0 saturated heterocycles. The molecule has 0 N–H and O–H groups in total. The predicted molar refractivity (Wildman–Crippen MR) is 63.5 cm³/mol. The fourth-order valence-electron chi connectivity index (χ4n) is 2.87. The van der Waals surface area contributed by atoms with Gasteiger partial charge >= 0.3 is 0 Å². The summed E-state index contributed by atoms with van der Waals surface area (Å²) >= 11 is 0. The first-order valence-corrected chi connectivity index (χ1v) is 6.14. The maximum Gasteiger partial charge on any atom is 0.235 e. The Labute approximate surface area is 101 Å². The van der Waals surface area contributed by atoms with Gasteiger partial charge in [-0.3, -0.25) is 0 Å². The summed E-state index contributed by atoms with van der Waals surface area (Å²) in [7, 11) is 0. The molecule has 3 nitrogen and oxygen atoms in total. The molecule has 1 aliphatic heterocycles. The van der Waals surface area contributed by atoms with Gasteiger partial charge in [0, 0.05) is 0 Å². The number of isocyanates is 1. The van der Waals surface area contributed by atoms with E-state index in [1.54, 1.807) is 6.08 Å². The molecule has 1 aromatic rings. The number of ether oxygens (including phenoxy) is 1. The highest BCUT2D eigenvalue weighted by molar-refractivity contribution is 5.45. The SMILES string of the molecule is O=C=NC1(c2cccc3c2COCC3)CCC1. The van der Waals surface area contributed by atoms with Crippen LogP contribution in [-0.2, 0) is 28.1 Å². The third kappa shape index (κ3) is 1.63. The molecule has 17 heavy (non-hydrogen) atoms. The molecule has 1 saturated carbocycles. The number of fused-ring (bicyclic) bond motifs is 1. The van der Waals surface area contributed by atoms with Crippen molar-refractivity contribution in [2.24, 2.45) is 4.99 Å². The van der Waals surface area contributed by atoms with Crippen molar-refractivity contribution >= 4 is 6.08 Å². The highest BCUT2D eigenvalue weighted by atomic mass is 16.5. The van der Waals surface area contributed by atoms with Gasteiger partial charge in [-0.15, -0.1) is 0 Å². The quantitative estimate of drug-likeness (QED) is 0.577. The van der Waals surface area contributed by atoms with Crippen LogP contribution in [0.1, 0.15) is 36.0 Å². The maximum absolute atomic E-state index is 10.6. The lowest BCUT2D eigenvalue weighted by atomic mass is 9.70. The molecule has 0 spiro atoms. The van der Waals surface area contributed by atoms with E-state index in [0.717, 1.165) is 32.3 Å². The molecule has 3 rings (SSSR count). The molecule has 0 amide bonds. The first-order valence-electron chi connectivity index (χ1n) is 6.14. The Hall–Kier alpha value is -1.44. The molecule has 0 unspecified atom stereocenters. The van der Waals surface area contributed by atoms with E-state index in [1.807, 2.05) is 0 Å². The van der Waals surface area contributed by atoms with Crippen molar-refractivity contribution < 1.29 is 9.53 Å². The van der Waals surface area contributed by atoms with Crippen molar-refractivity contribution in [3.8, 4) is 0 Å². The zero-order valence-corrected chi connectivity index (χ0v) is 9.74. The van der Waals surface area contributed by atoms with Gasteiger partial charge in [0.2, 0.25) is 6.08 Å². The predicted octanol–water partition coefficient (Wildman–Crippen LogP) is 2.47. The Bertz CT molecular complexity index is 485. The second-order valence-electron chi connectivity index (χ2n) is 4.83. The molecule has 0 aromatic heterocycles. The first-order chi connectivity index (χ1) is 8.36. The van der Waals surface area contributed by atoms with E-state index in [4.69, 9.17) is 4.74 Å². The van der Waals surface area contributed by atoms with Gasteiger partial charge in [0.05, 0.1) is 18.8 Å². The number of hydrogen-bond acceptors (Lipinski definition) is 3. The van der Waals surface area contributed by atoms with Gasteiger partial charge in [-0.2, -0.15) is 4.99 Å². The fourth-order valence-corrected chi connectivity index (χ4v) is 2.87. The minimum atomic E-state index is -0.298. The number of carbonyl (C=O) groups excluding carboxylic acids is 1. The van der Waals surface area contributed by atoms with Crippen LogP contribution in [-0.4, -0.2) is 12.7 Å². The number of aliphatic imine (C=N–C) groups is 1. The maximum atomic E-state index is 10.6. The van der Waals surface area contributed by atoms with Gasteiger partial charge in [-0.05, 0) is 42.4 Å². The first kappa shape index (κ1) is 10.7. The molecule has 1 aromatic carbocycles. The van der Waals surface area contributed by atoms with Crippen LogP contribution in [0.4, 0.5) is 0 Å². The molecule has 0 radical (unpaired) electrons. The molecule has 1 fully saturated rings. The van der Waals surface area contributed by atoms with E-state index in [9.17, 15) is 4.79 Å². The monoisotopic (exact) mass is 229 g/mol. The van der Waals surface area contributed by atoms with Gasteiger partial charge in [-0.1, -0.05) is 18.2 Å². The van der Waals surface area contributed by atoms with Gasteiger partial charge < -0.3 is 4.74 Å². The average Bonchev–Trinajstić information content (AvgIpc) is 2.33. The standard InChI is InChI=1S/C14H15NO2/c16-10-15-14(6-2-7-14)13-4-1-3-11-5-8-17-9-12(11)13/h1,3-4H,2,5-9H2. The minimum Gasteiger partial charge on any atom is -0.376 e. The largest absolute Gasteiger partial charge is 0.376 e. The van der Waals surface area contributed by atoms with E-state index in [2.05, 4.69) is 23.2 Å². The average molecular weight is 229 g/mol. The molecular weight excluding hydrogens is 214 g/mol. The highest BCUT2D eigenvalue weighted by Gasteiger charge is 2.41. The zero-order valence-electron chi connectivity index (χ0n) is 9.74. The van der Waals surface area contributed by atoms with E-state index in [-0.39, 0.29) is 5.54 Å². The summed E-state index contributed by atoms with van der Waals surface area (Å²) in [6, 6.07) is 6.31. The van der Waals surface area contributed by atoms with E-state index < -0.39 is 0 Å². The van der Waals surface area contributed by atoms with Gasteiger partial charge in [0.25, 0.3) is 0 Å². The second-order valence-corrected chi connectivity index (χ2v) is 4.83. The zero-order chi connectivity index (χ0) is 11.7. The van der Waals surface area contributed by atoms with Crippen LogP contribution in [0.5, 0.6) is 0 Å². The van der Waals surface area contributed by atoms with Crippen LogP contribution >= 0.6 is 0 Å². The lowest BCUT2D eigenvalue weighted by molar-refractivity contribution is 0.107. The van der Waals surface area contributed by atoms with Crippen molar-refractivity contribution in [2.45, 2.75) is 37.8 Å². The topological polar surface area (TPSA) is 38.7 Å². The van der Waals surface area contributed by atoms with Gasteiger partial charge in [0.15, 0.2) is 0 Å². The number of benzene rings is 1. The summed E-state index contributed by atoms with van der Waals surface area (Å²) in [6.07, 6.45) is 5.76. The van der Waals surface area contributed by atoms with Crippen LogP contribution in [0.2, 0.25) is 0 Å². The molecular formula is C14H15NO2. The van der Waals surface area contributed by atoms with Crippen LogP contribution in [0.3, 0.4) is 0 Å². The lowest BCUT2D eigenvalue weighted by Gasteiger charge is -2.39. The van der Waals surface area contributed by atoms with Crippen LogP contribution in [0, 0.1) is 0 Å². The summed E-state index contributed by atoms with van der Waals surface area (Å²) in [4.78, 5) is 14.7. The Morgan fingerprint density at radius 3 is 2.94 bits per heavy atom. The summed E-state index contributed by atoms with van der Waals surface area (Å²) in [5.74, 6) is 0. The fraction of sp³-hybridized carbons (Fsp3) is 0.500. The molecule has 88 valence electrons. The van der Waals surface area contributed by atoms with Gasteiger partial charge in [0.1, 0.15) is 0 Å². The lowest BCUT2D eigenvalue weighted by Crippen LogP contribution is -2.34. The number of rotatable bonds is 2. The third-order valence-corrected chi connectivity index (χ3v) is 3.98. The molecule has 1 aliphatic carbocycles. The second kappa shape index (κ2) is 4.10. The highest BCUT2D eigenvalue weighted by Crippen LogP contribution is 2.46. The van der Waals surface area contributed by atoms with Gasteiger partial charge in [-0.25, -0.2) is 4.79 Å². The Morgan fingerprint density at radius 1 is 1.35 bits per heavy atom. The molecule has 1 heterocycles. The molecule has 2 aliphatic rings. The summed E-state index contributed by atoms with van der Waals surface area (Å²) in [5, 5.41) is 0. The third-order valence-electron chi connectivity index (χ3n) is 3.98. The molecule has 0 bridgehead atoms. The van der Waals surface area contributed by atoms with Crippen molar-refractivity contribution in [3.05, 3.63) is 34.9 Å². The van der Waals surface area contributed by atoms with Crippen molar-refractivity contribution in [2.75, 3.05) is 6.61 Å². The molecule has 0 atom stereocenters. The minimum absolute atomic E-state index is 0.298. The van der Waals surface area contributed by atoms with E-state index in [1.165, 1.54) is 16.7 Å². The van der Waals surface area contributed by atoms with Crippen LogP contribution < -0.4 is 0 Å². The van der Waals surface area contributed by atoms with Crippen molar-refractivity contribution in [1.82, 2.24) is 0 Å². The number of hydrogen-bond donors (Lipinski definition) is 0.